The number of ether oxygens (including phenoxy) is 1. The third-order valence-corrected chi connectivity index (χ3v) is 7.45. The van der Waals surface area contributed by atoms with Gasteiger partial charge >= 0.3 is 5.97 Å². The number of Topliss-reactive ketones (excluding diaryl/α,β-unsaturated/α-hetero) is 1. The van der Waals surface area contributed by atoms with Gasteiger partial charge in [-0.2, -0.15) is 4.31 Å². The van der Waals surface area contributed by atoms with Gasteiger partial charge in [0.1, 0.15) is 6.04 Å². The van der Waals surface area contributed by atoms with E-state index in [1.807, 2.05) is 19.9 Å². The molecule has 30 heavy (non-hydrogen) atoms. The van der Waals surface area contributed by atoms with Crippen molar-refractivity contribution in [2.45, 2.75) is 71.4 Å². The van der Waals surface area contributed by atoms with Crippen molar-refractivity contribution in [2.24, 2.45) is 0 Å². The zero-order valence-electron chi connectivity index (χ0n) is 18.1. The zero-order valence-corrected chi connectivity index (χ0v) is 19.0. The van der Waals surface area contributed by atoms with Gasteiger partial charge in [-0.3, -0.25) is 9.59 Å². The molecule has 166 valence electrons. The maximum Gasteiger partial charge on any atom is 0.324 e. The standard InChI is InChI=1S/C22H32N2O5S/c1-16-14-19(17(2)23(16)13-11-18-8-5-4-6-9-18)21(25)15-29-22(26)20-10-7-12-24(20)30(3,27)28/h8,14,20H,4-7,9-13,15H2,1-3H3/t20-/m0/s1. The van der Waals surface area contributed by atoms with E-state index >= 15 is 0 Å². The summed E-state index contributed by atoms with van der Waals surface area (Å²) in [6, 6.07) is 1.02. The molecule has 1 aliphatic carbocycles. The van der Waals surface area contributed by atoms with Crippen LogP contribution in [0.5, 0.6) is 0 Å². The minimum atomic E-state index is -3.47. The van der Waals surface area contributed by atoms with Crippen LogP contribution in [0.2, 0.25) is 0 Å². The van der Waals surface area contributed by atoms with Crippen molar-refractivity contribution in [1.82, 2.24) is 8.87 Å². The lowest BCUT2D eigenvalue weighted by Crippen LogP contribution is -2.41. The van der Waals surface area contributed by atoms with Crippen LogP contribution in [-0.4, -0.2) is 54.5 Å². The smallest absolute Gasteiger partial charge is 0.324 e. The Hall–Kier alpha value is -1.93. The van der Waals surface area contributed by atoms with Gasteiger partial charge in [0, 0.05) is 30.0 Å². The number of esters is 1. The number of aryl methyl sites for hydroxylation is 1. The fourth-order valence-electron chi connectivity index (χ4n) is 4.50. The predicted octanol–water partition coefficient (Wildman–Crippen LogP) is 3.15. The maximum absolute atomic E-state index is 12.7. The monoisotopic (exact) mass is 436 g/mol. The topological polar surface area (TPSA) is 85.7 Å². The molecule has 8 heteroatoms. The minimum absolute atomic E-state index is 0.261. The van der Waals surface area contributed by atoms with Crippen LogP contribution >= 0.6 is 0 Å². The second-order valence-electron chi connectivity index (χ2n) is 8.36. The molecule has 0 saturated carbocycles. The van der Waals surface area contributed by atoms with Gasteiger partial charge in [0.2, 0.25) is 15.8 Å². The molecule has 1 fully saturated rings. The normalized spacial score (nSPS) is 20.2. The molecule has 1 aromatic rings. The Morgan fingerprint density at radius 3 is 2.63 bits per heavy atom. The average Bonchev–Trinajstić information content (AvgIpc) is 3.30. The van der Waals surface area contributed by atoms with E-state index in [9.17, 15) is 18.0 Å². The molecule has 0 N–H and O–H groups in total. The van der Waals surface area contributed by atoms with Crippen LogP contribution < -0.4 is 0 Å². The van der Waals surface area contributed by atoms with E-state index in [1.54, 1.807) is 0 Å². The van der Waals surface area contributed by atoms with Gasteiger partial charge in [-0.15, -0.1) is 0 Å². The largest absolute Gasteiger partial charge is 0.456 e. The average molecular weight is 437 g/mol. The first-order valence-corrected chi connectivity index (χ1v) is 12.5. The van der Waals surface area contributed by atoms with E-state index in [0.717, 1.165) is 47.8 Å². The molecular weight excluding hydrogens is 404 g/mol. The molecule has 1 aliphatic heterocycles. The van der Waals surface area contributed by atoms with Crippen LogP contribution in [0.4, 0.5) is 0 Å². The minimum Gasteiger partial charge on any atom is -0.456 e. The Bertz CT molecular complexity index is 945. The Kier molecular flexibility index (Phi) is 7.18. The maximum atomic E-state index is 12.7. The molecule has 1 aromatic heterocycles. The number of rotatable bonds is 8. The summed E-state index contributed by atoms with van der Waals surface area (Å²) in [6.45, 7) is 4.67. The van der Waals surface area contributed by atoms with Crippen molar-refractivity contribution in [1.29, 1.82) is 0 Å². The number of hydrogen-bond donors (Lipinski definition) is 0. The molecule has 1 saturated heterocycles. The number of carbonyl (C=O) groups is 2. The lowest BCUT2D eigenvalue weighted by molar-refractivity contribution is -0.146. The number of ketones is 1. The molecule has 0 aromatic carbocycles. The van der Waals surface area contributed by atoms with Gasteiger partial charge in [-0.1, -0.05) is 11.6 Å². The van der Waals surface area contributed by atoms with Gasteiger partial charge in [0.15, 0.2) is 6.61 Å². The second kappa shape index (κ2) is 9.47. The van der Waals surface area contributed by atoms with Crippen molar-refractivity contribution in [2.75, 3.05) is 19.4 Å². The van der Waals surface area contributed by atoms with Crippen LogP contribution in [0.25, 0.3) is 0 Å². The van der Waals surface area contributed by atoms with Crippen LogP contribution in [0, 0.1) is 13.8 Å². The second-order valence-corrected chi connectivity index (χ2v) is 10.3. The molecular formula is C22H32N2O5S. The van der Waals surface area contributed by atoms with Gasteiger partial charge in [-0.05, 0) is 64.9 Å². The van der Waals surface area contributed by atoms with Crippen molar-refractivity contribution in [3.05, 3.63) is 34.7 Å². The zero-order chi connectivity index (χ0) is 21.9. The van der Waals surface area contributed by atoms with E-state index in [0.29, 0.717) is 24.9 Å². The molecule has 1 atom stereocenters. The highest BCUT2D eigenvalue weighted by atomic mass is 32.2. The first kappa shape index (κ1) is 22.7. The summed E-state index contributed by atoms with van der Waals surface area (Å²) in [7, 11) is -3.47. The molecule has 7 nitrogen and oxygen atoms in total. The quantitative estimate of drug-likeness (QED) is 0.355. The number of hydrogen-bond acceptors (Lipinski definition) is 5. The molecule has 2 heterocycles. The Labute approximate surface area is 179 Å². The van der Waals surface area contributed by atoms with Crippen LogP contribution in [0.1, 0.15) is 66.7 Å². The Morgan fingerprint density at radius 1 is 1.20 bits per heavy atom. The molecule has 0 radical (unpaired) electrons. The molecule has 0 bridgehead atoms. The highest BCUT2D eigenvalue weighted by Gasteiger charge is 2.37. The lowest BCUT2D eigenvalue weighted by Gasteiger charge is -2.20. The number of nitrogens with zero attached hydrogens (tertiary/aromatic N) is 2. The van der Waals surface area contributed by atoms with Gasteiger partial charge in [0.05, 0.1) is 6.26 Å². The number of aromatic nitrogens is 1. The van der Waals surface area contributed by atoms with Crippen molar-refractivity contribution in [3.8, 4) is 0 Å². The summed E-state index contributed by atoms with van der Waals surface area (Å²) in [5.74, 6) is -0.909. The summed E-state index contributed by atoms with van der Waals surface area (Å²) in [5.41, 5.74) is 3.94. The van der Waals surface area contributed by atoms with Crippen LogP contribution in [0.15, 0.2) is 17.7 Å². The van der Waals surface area contributed by atoms with Crippen molar-refractivity contribution >= 4 is 21.8 Å². The number of carbonyl (C=O) groups excluding carboxylic acids is 2. The predicted molar refractivity (Wildman–Crippen MR) is 115 cm³/mol. The van der Waals surface area contributed by atoms with Gasteiger partial charge in [-0.25, -0.2) is 8.42 Å². The lowest BCUT2D eigenvalue weighted by atomic mass is 9.97. The van der Waals surface area contributed by atoms with E-state index in [2.05, 4.69) is 10.6 Å². The van der Waals surface area contributed by atoms with E-state index in [4.69, 9.17) is 4.74 Å². The summed E-state index contributed by atoms with van der Waals surface area (Å²) < 4.78 is 32.1. The summed E-state index contributed by atoms with van der Waals surface area (Å²) in [4.78, 5) is 25.1. The van der Waals surface area contributed by atoms with Crippen LogP contribution in [-0.2, 0) is 26.1 Å². The summed E-state index contributed by atoms with van der Waals surface area (Å²) in [5, 5.41) is 0. The fourth-order valence-corrected chi connectivity index (χ4v) is 5.61. The first-order valence-electron chi connectivity index (χ1n) is 10.7. The van der Waals surface area contributed by atoms with Gasteiger partial charge < -0.3 is 9.30 Å². The third-order valence-electron chi connectivity index (χ3n) is 6.16. The highest BCUT2D eigenvalue weighted by Crippen LogP contribution is 2.24. The number of sulfonamides is 1. The van der Waals surface area contributed by atoms with Crippen molar-refractivity contribution in [3.63, 3.8) is 0 Å². The first-order chi connectivity index (χ1) is 14.2. The highest BCUT2D eigenvalue weighted by molar-refractivity contribution is 7.88. The van der Waals surface area contributed by atoms with Crippen LogP contribution in [0.3, 0.4) is 0 Å². The SMILES string of the molecule is Cc1cc(C(=O)COC(=O)[C@@H]2CCCN2S(C)(=O)=O)c(C)n1CCC1=CCCCC1. The third kappa shape index (κ3) is 5.21. The molecule has 0 spiro atoms. The molecule has 0 unspecified atom stereocenters. The van der Waals surface area contributed by atoms with E-state index in [1.165, 1.54) is 18.4 Å². The van der Waals surface area contributed by atoms with E-state index < -0.39 is 22.0 Å². The van der Waals surface area contributed by atoms with Crippen molar-refractivity contribution < 1.29 is 22.7 Å². The Balaban J connectivity index is 1.60. The summed E-state index contributed by atoms with van der Waals surface area (Å²) >= 11 is 0. The Morgan fingerprint density at radius 2 is 1.97 bits per heavy atom. The molecule has 3 rings (SSSR count). The van der Waals surface area contributed by atoms with Gasteiger partial charge in [0.25, 0.3) is 0 Å². The fraction of sp³-hybridized carbons (Fsp3) is 0.636. The van der Waals surface area contributed by atoms with E-state index in [-0.39, 0.29) is 12.4 Å². The number of allylic oxidation sites excluding steroid dienone is 2. The summed E-state index contributed by atoms with van der Waals surface area (Å²) in [6.07, 6.45) is 10.3. The molecule has 0 amide bonds. The molecule has 2 aliphatic rings.